The van der Waals surface area contributed by atoms with Crippen LogP contribution in [0.5, 0.6) is 0 Å². The van der Waals surface area contributed by atoms with Crippen LogP contribution in [0.3, 0.4) is 0 Å². The monoisotopic (exact) mass is 261 g/mol. The number of carboxylic acid groups (broad SMARTS) is 1. The molecule has 2 rings (SSSR count). The SMILES string of the molecule is CC(C)c1ccc(Cc2ncsc2C(=O)O)cc1. The lowest BCUT2D eigenvalue weighted by atomic mass is 10.00. The van der Waals surface area contributed by atoms with Gasteiger partial charge in [-0.1, -0.05) is 38.1 Å². The fourth-order valence-corrected chi connectivity index (χ4v) is 2.43. The molecule has 0 atom stereocenters. The van der Waals surface area contributed by atoms with Crippen molar-refractivity contribution in [2.45, 2.75) is 26.2 Å². The molecule has 1 heterocycles. The van der Waals surface area contributed by atoms with Crippen molar-refractivity contribution < 1.29 is 9.90 Å². The number of carbonyl (C=O) groups is 1. The van der Waals surface area contributed by atoms with Crippen molar-refractivity contribution in [3.8, 4) is 0 Å². The number of benzene rings is 1. The van der Waals surface area contributed by atoms with Crippen molar-refractivity contribution in [1.29, 1.82) is 0 Å². The number of aromatic nitrogens is 1. The number of hydrogen-bond acceptors (Lipinski definition) is 3. The van der Waals surface area contributed by atoms with Crippen LogP contribution in [0.4, 0.5) is 0 Å². The molecule has 0 aliphatic rings. The third-order valence-electron chi connectivity index (χ3n) is 2.85. The molecular formula is C14H15NO2S. The largest absolute Gasteiger partial charge is 0.477 e. The summed E-state index contributed by atoms with van der Waals surface area (Å²) in [6.07, 6.45) is 0.573. The molecule has 0 fully saturated rings. The Balaban J connectivity index is 2.18. The number of aromatic carboxylic acids is 1. The molecule has 0 bridgehead atoms. The van der Waals surface area contributed by atoms with Crippen LogP contribution in [-0.2, 0) is 6.42 Å². The van der Waals surface area contributed by atoms with Crippen molar-refractivity contribution in [1.82, 2.24) is 4.98 Å². The Morgan fingerprint density at radius 3 is 2.56 bits per heavy atom. The fraction of sp³-hybridized carbons (Fsp3) is 0.286. The average Bonchev–Trinajstić information content (AvgIpc) is 2.78. The summed E-state index contributed by atoms with van der Waals surface area (Å²) in [5.74, 6) is -0.390. The lowest BCUT2D eigenvalue weighted by Gasteiger charge is -2.06. The number of thiazole rings is 1. The van der Waals surface area contributed by atoms with E-state index in [-0.39, 0.29) is 0 Å². The van der Waals surface area contributed by atoms with Gasteiger partial charge in [0, 0.05) is 6.42 Å². The van der Waals surface area contributed by atoms with Crippen LogP contribution in [0.2, 0.25) is 0 Å². The standard InChI is InChI=1S/C14H15NO2S/c1-9(2)11-5-3-10(4-6-11)7-12-13(14(16)17)18-8-15-12/h3-6,8-9H,7H2,1-2H3,(H,16,17). The lowest BCUT2D eigenvalue weighted by molar-refractivity contribution is 0.0701. The van der Waals surface area contributed by atoms with Gasteiger partial charge in [0.2, 0.25) is 0 Å². The number of carboxylic acids is 1. The molecular weight excluding hydrogens is 246 g/mol. The Labute approximate surface area is 110 Å². The van der Waals surface area contributed by atoms with Gasteiger partial charge >= 0.3 is 5.97 Å². The third kappa shape index (κ3) is 2.76. The number of hydrogen-bond donors (Lipinski definition) is 1. The van der Waals surface area contributed by atoms with Gasteiger partial charge in [0.15, 0.2) is 0 Å². The molecule has 4 heteroatoms. The zero-order chi connectivity index (χ0) is 13.1. The lowest BCUT2D eigenvalue weighted by Crippen LogP contribution is -2.00. The van der Waals surface area contributed by atoms with Gasteiger partial charge in [-0.2, -0.15) is 0 Å². The molecule has 0 radical (unpaired) electrons. The molecule has 94 valence electrons. The highest BCUT2D eigenvalue weighted by Gasteiger charge is 2.13. The number of nitrogens with zero attached hydrogens (tertiary/aromatic N) is 1. The Morgan fingerprint density at radius 1 is 1.33 bits per heavy atom. The summed E-state index contributed by atoms with van der Waals surface area (Å²) in [5, 5.41) is 9.02. The number of rotatable bonds is 4. The van der Waals surface area contributed by atoms with Crippen molar-refractivity contribution in [2.75, 3.05) is 0 Å². The topological polar surface area (TPSA) is 50.2 Å². The first-order chi connectivity index (χ1) is 8.58. The Bertz CT molecular complexity index is 543. The third-order valence-corrected chi connectivity index (χ3v) is 3.71. The second-order valence-electron chi connectivity index (χ2n) is 4.51. The molecule has 3 nitrogen and oxygen atoms in total. The highest BCUT2D eigenvalue weighted by Crippen LogP contribution is 2.19. The average molecular weight is 261 g/mol. The highest BCUT2D eigenvalue weighted by atomic mass is 32.1. The van der Waals surface area contributed by atoms with E-state index in [1.165, 1.54) is 16.9 Å². The second-order valence-corrected chi connectivity index (χ2v) is 5.36. The highest BCUT2D eigenvalue weighted by molar-refractivity contribution is 7.11. The van der Waals surface area contributed by atoms with Crippen LogP contribution in [0.15, 0.2) is 29.8 Å². The first-order valence-corrected chi connectivity index (χ1v) is 6.70. The van der Waals surface area contributed by atoms with Crippen molar-refractivity contribution in [2.24, 2.45) is 0 Å². The molecule has 2 aromatic rings. The van der Waals surface area contributed by atoms with Gasteiger partial charge in [0.1, 0.15) is 4.88 Å². The molecule has 0 aliphatic heterocycles. The van der Waals surface area contributed by atoms with Gasteiger partial charge in [-0.05, 0) is 17.0 Å². The van der Waals surface area contributed by atoms with Gasteiger partial charge in [-0.3, -0.25) is 0 Å². The van der Waals surface area contributed by atoms with Crippen LogP contribution < -0.4 is 0 Å². The van der Waals surface area contributed by atoms with E-state index in [2.05, 4.69) is 31.0 Å². The van der Waals surface area contributed by atoms with Gasteiger partial charge in [-0.15, -0.1) is 11.3 Å². The van der Waals surface area contributed by atoms with Crippen LogP contribution in [0, 0.1) is 0 Å². The van der Waals surface area contributed by atoms with Crippen LogP contribution in [-0.4, -0.2) is 16.1 Å². The molecule has 0 saturated carbocycles. The summed E-state index contributed by atoms with van der Waals surface area (Å²) in [7, 11) is 0. The van der Waals surface area contributed by atoms with Gasteiger partial charge in [-0.25, -0.2) is 9.78 Å². The Morgan fingerprint density at radius 2 is 2.00 bits per heavy atom. The summed E-state index contributed by atoms with van der Waals surface area (Å²) < 4.78 is 0. The smallest absolute Gasteiger partial charge is 0.347 e. The molecule has 1 N–H and O–H groups in total. The van der Waals surface area contributed by atoms with Crippen LogP contribution >= 0.6 is 11.3 Å². The van der Waals surface area contributed by atoms with Gasteiger partial charge in [0.25, 0.3) is 0 Å². The summed E-state index contributed by atoms with van der Waals surface area (Å²) in [6, 6.07) is 8.26. The minimum Gasteiger partial charge on any atom is -0.477 e. The zero-order valence-corrected chi connectivity index (χ0v) is 11.2. The van der Waals surface area contributed by atoms with E-state index in [4.69, 9.17) is 5.11 Å². The molecule has 1 aromatic heterocycles. The summed E-state index contributed by atoms with van der Waals surface area (Å²) in [4.78, 5) is 15.5. The van der Waals surface area contributed by atoms with E-state index in [1.807, 2.05) is 12.1 Å². The maximum atomic E-state index is 11.0. The van der Waals surface area contributed by atoms with Gasteiger partial charge < -0.3 is 5.11 Å². The predicted molar refractivity (Wildman–Crippen MR) is 72.4 cm³/mol. The van der Waals surface area contributed by atoms with Crippen molar-refractivity contribution in [3.63, 3.8) is 0 Å². The van der Waals surface area contributed by atoms with Crippen LogP contribution in [0.25, 0.3) is 0 Å². The quantitative estimate of drug-likeness (QED) is 0.915. The van der Waals surface area contributed by atoms with E-state index in [0.717, 1.165) is 5.56 Å². The minimum absolute atomic E-state index is 0.336. The molecule has 18 heavy (non-hydrogen) atoms. The first-order valence-electron chi connectivity index (χ1n) is 5.82. The molecule has 0 spiro atoms. The van der Waals surface area contributed by atoms with E-state index >= 15 is 0 Å². The Hall–Kier alpha value is -1.68. The minimum atomic E-state index is -0.897. The maximum Gasteiger partial charge on any atom is 0.347 e. The van der Waals surface area contributed by atoms with E-state index in [0.29, 0.717) is 22.9 Å². The Kier molecular flexibility index (Phi) is 3.77. The van der Waals surface area contributed by atoms with E-state index in [9.17, 15) is 4.79 Å². The summed E-state index contributed by atoms with van der Waals surface area (Å²) in [5.41, 5.74) is 4.61. The van der Waals surface area contributed by atoms with Crippen LogP contribution in [0.1, 0.15) is 46.3 Å². The normalized spacial score (nSPS) is 10.8. The van der Waals surface area contributed by atoms with E-state index < -0.39 is 5.97 Å². The fourth-order valence-electron chi connectivity index (χ4n) is 1.78. The summed E-state index contributed by atoms with van der Waals surface area (Å²) >= 11 is 1.17. The van der Waals surface area contributed by atoms with E-state index in [1.54, 1.807) is 5.51 Å². The molecule has 1 aromatic carbocycles. The summed E-state index contributed by atoms with van der Waals surface area (Å²) in [6.45, 7) is 4.30. The second kappa shape index (κ2) is 5.31. The van der Waals surface area contributed by atoms with Crippen molar-refractivity contribution in [3.05, 3.63) is 51.5 Å². The molecule has 0 saturated heterocycles. The molecule has 0 amide bonds. The molecule has 0 unspecified atom stereocenters. The zero-order valence-electron chi connectivity index (χ0n) is 10.4. The molecule has 0 aliphatic carbocycles. The maximum absolute atomic E-state index is 11.0. The van der Waals surface area contributed by atoms with Crippen molar-refractivity contribution >= 4 is 17.3 Å². The van der Waals surface area contributed by atoms with Gasteiger partial charge in [0.05, 0.1) is 11.2 Å². The predicted octanol–water partition coefficient (Wildman–Crippen LogP) is 3.56. The first kappa shape index (κ1) is 12.8.